The lowest BCUT2D eigenvalue weighted by Crippen LogP contribution is -2.09. The summed E-state index contributed by atoms with van der Waals surface area (Å²) in [5, 5.41) is 0.578. The molecule has 0 saturated carbocycles. The molecule has 2 heterocycles. The van der Waals surface area contributed by atoms with Crippen molar-refractivity contribution in [2.75, 3.05) is 13.2 Å². The third-order valence-electron chi connectivity index (χ3n) is 3.34. The van der Waals surface area contributed by atoms with E-state index in [4.69, 9.17) is 9.47 Å². The second-order valence-corrected chi connectivity index (χ2v) is 6.30. The van der Waals surface area contributed by atoms with Gasteiger partial charge in [0.05, 0.1) is 18.9 Å². The number of esters is 1. The minimum atomic E-state index is -0.427. The number of aromatic nitrogens is 3. The first-order valence-electron chi connectivity index (χ1n) is 7.94. The molecule has 0 aliphatic carbocycles. The van der Waals surface area contributed by atoms with Crippen molar-refractivity contribution in [1.82, 2.24) is 15.0 Å². The van der Waals surface area contributed by atoms with Gasteiger partial charge in [0.15, 0.2) is 10.8 Å². The molecule has 0 fully saturated rings. The standard InChI is InChI=1S/C18H16FN3O3S/c1-12-15(26-17(22-12)16-20-8-2-9-21-16)18(23)25-11-3-10-24-14-6-4-13(19)5-7-14/h2,4-9H,3,10-11H2,1H3. The Morgan fingerprint density at radius 3 is 2.62 bits per heavy atom. The quantitative estimate of drug-likeness (QED) is 0.465. The SMILES string of the molecule is Cc1nc(-c2ncccn2)sc1C(=O)OCCCOc1ccc(F)cc1. The predicted molar refractivity (Wildman–Crippen MR) is 94.7 cm³/mol. The predicted octanol–water partition coefficient (Wildman–Crippen LogP) is 3.67. The number of hydrogen-bond acceptors (Lipinski definition) is 7. The number of ether oxygens (including phenoxy) is 2. The fraction of sp³-hybridized carbons (Fsp3) is 0.222. The number of rotatable bonds is 7. The van der Waals surface area contributed by atoms with Crippen LogP contribution in [0, 0.1) is 12.7 Å². The van der Waals surface area contributed by atoms with Crippen LogP contribution in [0.4, 0.5) is 4.39 Å². The molecule has 3 rings (SSSR count). The molecule has 0 unspecified atom stereocenters. The zero-order valence-corrected chi connectivity index (χ0v) is 14.8. The Labute approximate surface area is 153 Å². The molecule has 0 spiro atoms. The molecule has 0 amide bonds. The summed E-state index contributed by atoms with van der Waals surface area (Å²) in [6, 6.07) is 7.48. The number of benzene rings is 1. The van der Waals surface area contributed by atoms with Gasteiger partial charge in [-0.05, 0) is 37.3 Å². The first kappa shape index (κ1) is 17.9. The lowest BCUT2D eigenvalue weighted by Gasteiger charge is -2.06. The van der Waals surface area contributed by atoms with E-state index in [0.717, 1.165) is 0 Å². The van der Waals surface area contributed by atoms with Crippen LogP contribution in [0.2, 0.25) is 0 Å². The van der Waals surface area contributed by atoms with Crippen LogP contribution in [0.25, 0.3) is 10.8 Å². The second kappa shape index (κ2) is 8.48. The van der Waals surface area contributed by atoms with Crippen molar-refractivity contribution in [1.29, 1.82) is 0 Å². The van der Waals surface area contributed by atoms with Crippen LogP contribution < -0.4 is 4.74 Å². The van der Waals surface area contributed by atoms with Crippen LogP contribution in [0.15, 0.2) is 42.7 Å². The van der Waals surface area contributed by atoms with E-state index in [2.05, 4.69) is 15.0 Å². The first-order chi connectivity index (χ1) is 12.6. The molecule has 0 atom stereocenters. The van der Waals surface area contributed by atoms with Crippen LogP contribution in [0.1, 0.15) is 21.8 Å². The van der Waals surface area contributed by atoms with E-state index in [-0.39, 0.29) is 12.4 Å². The number of aryl methyl sites for hydroxylation is 1. The van der Waals surface area contributed by atoms with Gasteiger partial charge in [0, 0.05) is 18.8 Å². The van der Waals surface area contributed by atoms with Crippen LogP contribution >= 0.6 is 11.3 Å². The summed E-state index contributed by atoms with van der Waals surface area (Å²) >= 11 is 1.21. The Bertz CT molecular complexity index is 869. The van der Waals surface area contributed by atoms with Crippen molar-refractivity contribution in [3.63, 3.8) is 0 Å². The topological polar surface area (TPSA) is 74.2 Å². The van der Waals surface area contributed by atoms with Crippen molar-refractivity contribution in [2.45, 2.75) is 13.3 Å². The molecular weight excluding hydrogens is 357 g/mol. The van der Waals surface area contributed by atoms with E-state index in [1.165, 1.54) is 23.5 Å². The normalized spacial score (nSPS) is 10.5. The van der Waals surface area contributed by atoms with Crippen molar-refractivity contribution < 1.29 is 18.7 Å². The number of hydrogen-bond donors (Lipinski definition) is 0. The maximum absolute atomic E-state index is 12.8. The summed E-state index contributed by atoms with van der Waals surface area (Å²) in [4.78, 5) is 25.2. The van der Waals surface area contributed by atoms with E-state index in [1.807, 2.05) is 0 Å². The Morgan fingerprint density at radius 1 is 1.15 bits per heavy atom. The summed E-state index contributed by atoms with van der Waals surface area (Å²) in [6.07, 6.45) is 3.77. The van der Waals surface area contributed by atoms with Gasteiger partial charge >= 0.3 is 5.97 Å². The minimum Gasteiger partial charge on any atom is -0.493 e. The summed E-state index contributed by atoms with van der Waals surface area (Å²) in [5.41, 5.74) is 0.588. The number of thiazole rings is 1. The Balaban J connectivity index is 1.48. The van der Waals surface area contributed by atoms with Gasteiger partial charge in [-0.3, -0.25) is 0 Å². The Kier molecular flexibility index (Phi) is 5.85. The number of carbonyl (C=O) groups excluding carboxylic acids is 1. The summed E-state index contributed by atoms with van der Waals surface area (Å²) < 4.78 is 23.5. The molecule has 0 aliphatic rings. The molecule has 3 aromatic rings. The van der Waals surface area contributed by atoms with Gasteiger partial charge in [0.2, 0.25) is 0 Å². The van der Waals surface area contributed by atoms with E-state index < -0.39 is 5.97 Å². The molecule has 0 saturated heterocycles. The van der Waals surface area contributed by atoms with Crippen LogP contribution in [-0.2, 0) is 4.74 Å². The van der Waals surface area contributed by atoms with E-state index in [0.29, 0.717) is 40.2 Å². The van der Waals surface area contributed by atoms with Gasteiger partial charge < -0.3 is 9.47 Å². The molecule has 26 heavy (non-hydrogen) atoms. The minimum absolute atomic E-state index is 0.217. The highest BCUT2D eigenvalue weighted by Crippen LogP contribution is 2.25. The average Bonchev–Trinajstić information content (AvgIpc) is 3.05. The summed E-state index contributed by atoms with van der Waals surface area (Å²) in [5.74, 6) is 0.311. The number of nitrogens with zero attached hydrogens (tertiary/aromatic N) is 3. The molecule has 8 heteroatoms. The monoisotopic (exact) mass is 373 g/mol. The number of carbonyl (C=O) groups is 1. The molecule has 1 aromatic carbocycles. The number of halogens is 1. The van der Waals surface area contributed by atoms with Gasteiger partial charge in [0.25, 0.3) is 0 Å². The maximum Gasteiger partial charge on any atom is 0.350 e. The molecule has 2 aromatic heterocycles. The van der Waals surface area contributed by atoms with Crippen molar-refractivity contribution >= 4 is 17.3 Å². The molecule has 6 nitrogen and oxygen atoms in total. The average molecular weight is 373 g/mol. The summed E-state index contributed by atoms with van der Waals surface area (Å²) in [7, 11) is 0. The van der Waals surface area contributed by atoms with Gasteiger partial charge in [-0.15, -0.1) is 11.3 Å². The first-order valence-corrected chi connectivity index (χ1v) is 8.75. The van der Waals surface area contributed by atoms with E-state index in [9.17, 15) is 9.18 Å². The fourth-order valence-corrected chi connectivity index (χ4v) is 3.01. The van der Waals surface area contributed by atoms with Gasteiger partial charge in [-0.25, -0.2) is 24.1 Å². The lowest BCUT2D eigenvalue weighted by atomic mass is 10.3. The van der Waals surface area contributed by atoms with Gasteiger partial charge in [-0.1, -0.05) is 0 Å². The third kappa shape index (κ3) is 4.60. The Hall–Kier alpha value is -2.87. The van der Waals surface area contributed by atoms with Crippen molar-refractivity contribution in [3.05, 3.63) is 59.1 Å². The Morgan fingerprint density at radius 2 is 1.88 bits per heavy atom. The lowest BCUT2D eigenvalue weighted by molar-refractivity contribution is 0.0490. The van der Waals surface area contributed by atoms with E-state index in [1.54, 1.807) is 37.5 Å². The van der Waals surface area contributed by atoms with Gasteiger partial charge in [-0.2, -0.15) is 0 Å². The van der Waals surface area contributed by atoms with Crippen molar-refractivity contribution in [2.24, 2.45) is 0 Å². The smallest absolute Gasteiger partial charge is 0.350 e. The fourth-order valence-electron chi connectivity index (χ4n) is 2.10. The molecule has 0 radical (unpaired) electrons. The molecular formula is C18H16FN3O3S. The molecule has 0 bridgehead atoms. The molecule has 134 valence electrons. The maximum atomic E-state index is 12.8. The third-order valence-corrected chi connectivity index (χ3v) is 4.48. The van der Waals surface area contributed by atoms with Crippen LogP contribution in [-0.4, -0.2) is 34.1 Å². The zero-order valence-electron chi connectivity index (χ0n) is 14.0. The highest BCUT2D eigenvalue weighted by atomic mass is 32.1. The van der Waals surface area contributed by atoms with Gasteiger partial charge in [0.1, 0.15) is 16.4 Å². The van der Waals surface area contributed by atoms with E-state index >= 15 is 0 Å². The highest BCUT2D eigenvalue weighted by molar-refractivity contribution is 7.16. The van der Waals surface area contributed by atoms with Crippen LogP contribution in [0.5, 0.6) is 5.75 Å². The molecule has 0 N–H and O–H groups in total. The summed E-state index contributed by atoms with van der Waals surface area (Å²) in [6.45, 7) is 2.33. The second-order valence-electron chi connectivity index (χ2n) is 5.30. The highest BCUT2D eigenvalue weighted by Gasteiger charge is 2.18. The zero-order chi connectivity index (χ0) is 18.4. The molecule has 0 aliphatic heterocycles. The van der Waals surface area contributed by atoms with Crippen LogP contribution in [0.3, 0.4) is 0 Å². The largest absolute Gasteiger partial charge is 0.493 e. The van der Waals surface area contributed by atoms with Crippen molar-refractivity contribution in [3.8, 4) is 16.6 Å².